The highest BCUT2D eigenvalue weighted by Gasteiger charge is 2.13. The van der Waals surface area contributed by atoms with Gasteiger partial charge in [-0.1, -0.05) is 32.0 Å². The number of hydrogen-bond donors (Lipinski definition) is 0. The van der Waals surface area contributed by atoms with Crippen LogP contribution in [0.15, 0.2) is 42.6 Å². The van der Waals surface area contributed by atoms with E-state index in [1.165, 1.54) is 0 Å². The number of nitrogens with zero attached hydrogens (tertiary/aromatic N) is 2. The molecule has 0 saturated heterocycles. The molecule has 2 rings (SSSR count). The number of carbonyl (C=O) groups excluding carboxylic acids is 1. The number of para-hydroxylation sites is 1. The van der Waals surface area contributed by atoms with E-state index in [1.807, 2.05) is 30.3 Å². The van der Waals surface area contributed by atoms with Crippen LogP contribution in [0.25, 0.3) is 5.69 Å². The number of hydrogen-bond acceptors (Lipinski definition) is 3. The summed E-state index contributed by atoms with van der Waals surface area (Å²) >= 11 is 1.68. The zero-order valence-electron chi connectivity index (χ0n) is 11.2. The zero-order valence-corrected chi connectivity index (χ0v) is 12.1. The van der Waals surface area contributed by atoms with Crippen LogP contribution in [-0.2, 0) is 0 Å². The van der Waals surface area contributed by atoms with E-state index in [0.29, 0.717) is 17.4 Å². The van der Waals surface area contributed by atoms with Crippen LogP contribution in [0.5, 0.6) is 0 Å². The van der Waals surface area contributed by atoms with Crippen molar-refractivity contribution in [3.05, 3.63) is 48.3 Å². The van der Waals surface area contributed by atoms with Crippen molar-refractivity contribution in [3.8, 4) is 5.69 Å². The monoisotopic (exact) mass is 274 g/mol. The van der Waals surface area contributed by atoms with Crippen LogP contribution in [0, 0.1) is 5.92 Å². The van der Waals surface area contributed by atoms with E-state index in [1.54, 1.807) is 28.7 Å². The molecule has 1 aromatic heterocycles. The van der Waals surface area contributed by atoms with Gasteiger partial charge in [0.25, 0.3) is 0 Å². The molecule has 0 amide bonds. The molecule has 0 saturated carbocycles. The van der Waals surface area contributed by atoms with Gasteiger partial charge in [0, 0.05) is 0 Å². The molecule has 4 heteroatoms. The zero-order chi connectivity index (χ0) is 13.7. The quantitative estimate of drug-likeness (QED) is 0.757. The van der Waals surface area contributed by atoms with Crippen LogP contribution in [0.3, 0.4) is 0 Å². The standard InChI is InChI=1S/C15H18N2OS/c1-12(2)10-19-11-15(18)14-8-9-16-17(14)13-6-4-3-5-7-13/h3-9,12H,10-11H2,1-2H3. The number of thioether (sulfide) groups is 1. The number of aromatic nitrogens is 2. The lowest BCUT2D eigenvalue weighted by atomic mass is 10.3. The fourth-order valence-corrected chi connectivity index (χ4v) is 2.67. The number of carbonyl (C=O) groups is 1. The summed E-state index contributed by atoms with van der Waals surface area (Å²) in [6, 6.07) is 11.5. The summed E-state index contributed by atoms with van der Waals surface area (Å²) in [5.41, 5.74) is 1.58. The average molecular weight is 274 g/mol. The Kier molecular flexibility index (Phi) is 4.80. The van der Waals surface area contributed by atoms with Crippen molar-refractivity contribution >= 4 is 17.5 Å². The summed E-state index contributed by atoms with van der Waals surface area (Å²) in [4.78, 5) is 12.2. The molecule has 0 N–H and O–H groups in total. The first-order chi connectivity index (χ1) is 9.18. The van der Waals surface area contributed by atoms with Gasteiger partial charge in [-0.05, 0) is 29.9 Å². The highest BCUT2D eigenvalue weighted by atomic mass is 32.2. The number of benzene rings is 1. The fraction of sp³-hybridized carbons (Fsp3) is 0.333. The second-order valence-corrected chi connectivity index (χ2v) is 5.83. The minimum atomic E-state index is 0.131. The van der Waals surface area contributed by atoms with Gasteiger partial charge in [-0.25, -0.2) is 4.68 Å². The predicted molar refractivity (Wildman–Crippen MR) is 80.1 cm³/mol. The third-order valence-corrected chi connectivity index (χ3v) is 3.98. The van der Waals surface area contributed by atoms with Crippen molar-refractivity contribution in [2.45, 2.75) is 13.8 Å². The van der Waals surface area contributed by atoms with Gasteiger partial charge in [0.15, 0.2) is 5.78 Å². The Balaban J connectivity index is 2.09. The van der Waals surface area contributed by atoms with Crippen molar-refractivity contribution < 1.29 is 4.79 Å². The lowest BCUT2D eigenvalue weighted by molar-refractivity contribution is 0.101. The van der Waals surface area contributed by atoms with Crippen molar-refractivity contribution in [2.75, 3.05) is 11.5 Å². The molecule has 0 spiro atoms. The van der Waals surface area contributed by atoms with Crippen molar-refractivity contribution in [3.63, 3.8) is 0 Å². The van der Waals surface area contributed by atoms with Crippen LogP contribution < -0.4 is 0 Å². The van der Waals surface area contributed by atoms with E-state index in [2.05, 4.69) is 18.9 Å². The molecule has 1 heterocycles. The maximum absolute atomic E-state index is 12.2. The highest BCUT2D eigenvalue weighted by molar-refractivity contribution is 7.99. The Morgan fingerprint density at radius 3 is 2.68 bits per heavy atom. The van der Waals surface area contributed by atoms with Gasteiger partial charge in [-0.3, -0.25) is 4.79 Å². The smallest absolute Gasteiger partial charge is 0.191 e. The number of ketones is 1. The van der Waals surface area contributed by atoms with E-state index < -0.39 is 0 Å². The lowest BCUT2D eigenvalue weighted by Gasteiger charge is -2.07. The van der Waals surface area contributed by atoms with Crippen LogP contribution in [0.2, 0.25) is 0 Å². The second-order valence-electron chi connectivity index (χ2n) is 4.80. The summed E-state index contributed by atoms with van der Waals surface area (Å²) in [5, 5.41) is 4.24. The molecule has 19 heavy (non-hydrogen) atoms. The molecular formula is C15H18N2OS. The molecule has 100 valence electrons. The molecule has 0 aliphatic heterocycles. The fourth-order valence-electron chi connectivity index (χ4n) is 1.75. The minimum absolute atomic E-state index is 0.131. The molecule has 0 radical (unpaired) electrons. The Morgan fingerprint density at radius 2 is 2.00 bits per heavy atom. The van der Waals surface area contributed by atoms with Crippen molar-refractivity contribution in [1.82, 2.24) is 9.78 Å². The van der Waals surface area contributed by atoms with E-state index in [0.717, 1.165) is 11.4 Å². The van der Waals surface area contributed by atoms with Crippen LogP contribution in [0.1, 0.15) is 24.3 Å². The summed E-state index contributed by atoms with van der Waals surface area (Å²) in [7, 11) is 0. The molecule has 0 aliphatic carbocycles. The normalized spacial score (nSPS) is 10.9. The Hall–Kier alpha value is -1.55. The van der Waals surface area contributed by atoms with E-state index in [9.17, 15) is 4.79 Å². The van der Waals surface area contributed by atoms with E-state index in [4.69, 9.17) is 0 Å². The van der Waals surface area contributed by atoms with E-state index >= 15 is 0 Å². The largest absolute Gasteiger partial charge is 0.292 e. The molecule has 0 atom stereocenters. The first kappa shape index (κ1) is 13.9. The molecule has 2 aromatic rings. The molecule has 0 unspecified atom stereocenters. The third kappa shape index (κ3) is 3.70. The summed E-state index contributed by atoms with van der Waals surface area (Å²) in [6.45, 7) is 4.32. The third-order valence-electron chi connectivity index (χ3n) is 2.61. The van der Waals surface area contributed by atoms with Crippen LogP contribution in [0.4, 0.5) is 0 Å². The number of rotatable bonds is 6. The van der Waals surface area contributed by atoms with Crippen LogP contribution >= 0.6 is 11.8 Å². The Labute approximate surface area is 118 Å². The Morgan fingerprint density at radius 1 is 1.26 bits per heavy atom. The topological polar surface area (TPSA) is 34.9 Å². The Bertz CT molecular complexity index is 534. The van der Waals surface area contributed by atoms with Gasteiger partial charge in [0.2, 0.25) is 0 Å². The maximum atomic E-state index is 12.2. The second kappa shape index (κ2) is 6.57. The summed E-state index contributed by atoms with van der Waals surface area (Å²) in [6.07, 6.45) is 1.67. The molecular weight excluding hydrogens is 256 g/mol. The SMILES string of the molecule is CC(C)CSCC(=O)c1ccnn1-c1ccccc1. The molecule has 3 nitrogen and oxygen atoms in total. The van der Waals surface area contributed by atoms with Gasteiger partial charge < -0.3 is 0 Å². The van der Waals surface area contributed by atoms with Gasteiger partial charge >= 0.3 is 0 Å². The number of Topliss-reactive ketones (excluding diaryl/α,β-unsaturated/α-hetero) is 1. The molecule has 0 bridgehead atoms. The van der Waals surface area contributed by atoms with Gasteiger partial charge in [0.1, 0.15) is 5.69 Å². The lowest BCUT2D eigenvalue weighted by Crippen LogP contribution is -2.11. The maximum Gasteiger partial charge on any atom is 0.191 e. The average Bonchev–Trinajstić information content (AvgIpc) is 2.88. The first-order valence-corrected chi connectivity index (χ1v) is 7.54. The molecule has 0 fully saturated rings. The first-order valence-electron chi connectivity index (χ1n) is 6.39. The van der Waals surface area contributed by atoms with Crippen molar-refractivity contribution in [2.24, 2.45) is 5.92 Å². The van der Waals surface area contributed by atoms with E-state index in [-0.39, 0.29) is 5.78 Å². The van der Waals surface area contributed by atoms with Crippen molar-refractivity contribution in [1.29, 1.82) is 0 Å². The predicted octanol–water partition coefficient (Wildman–Crippen LogP) is 3.44. The minimum Gasteiger partial charge on any atom is -0.292 e. The summed E-state index contributed by atoms with van der Waals surface area (Å²) < 4.78 is 1.71. The van der Waals surface area contributed by atoms with Crippen LogP contribution in [-0.4, -0.2) is 27.1 Å². The van der Waals surface area contributed by atoms with Gasteiger partial charge in [-0.2, -0.15) is 16.9 Å². The van der Waals surface area contributed by atoms with Gasteiger partial charge in [0.05, 0.1) is 17.6 Å². The highest BCUT2D eigenvalue weighted by Crippen LogP contribution is 2.14. The molecule has 0 aliphatic rings. The summed E-state index contributed by atoms with van der Waals surface area (Å²) in [5.74, 6) is 2.26. The molecule has 1 aromatic carbocycles. The van der Waals surface area contributed by atoms with Gasteiger partial charge in [-0.15, -0.1) is 0 Å².